The van der Waals surface area contributed by atoms with E-state index in [1.807, 2.05) is 51.5 Å². The third kappa shape index (κ3) is 3.88. The second-order valence-corrected chi connectivity index (χ2v) is 6.20. The van der Waals surface area contributed by atoms with Crippen molar-refractivity contribution in [3.05, 3.63) is 66.5 Å². The van der Waals surface area contributed by atoms with Crippen LogP contribution < -0.4 is 15.1 Å². The molecule has 0 radical (unpaired) electrons. The molecule has 0 unspecified atom stereocenters. The summed E-state index contributed by atoms with van der Waals surface area (Å²) in [4.78, 5) is 12.9. The van der Waals surface area contributed by atoms with Gasteiger partial charge in [-0.1, -0.05) is 24.3 Å². The molecule has 2 aromatic carbocycles. The molecule has 3 aromatic rings. The van der Waals surface area contributed by atoms with Crippen LogP contribution in [0.4, 0.5) is 28.7 Å². The molecular formula is C20H23N5. The lowest BCUT2D eigenvalue weighted by Crippen LogP contribution is -2.17. The van der Waals surface area contributed by atoms with Crippen molar-refractivity contribution in [2.45, 2.75) is 6.92 Å². The van der Waals surface area contributed by atoms with E-state index in [9.17, 15) is 0 Å². The molecule has 1 heterocycles. The fraction of sp³-hybridized carbons (Fsp3) is 0.200. The number of benzene rings is 2. The fourth-order valence-electron chi connectivity index (χ4n) is 2.72. The SMILES string of the molecule is Cc1cccc(Nc2cc(N(C)c3ccccc3N(C)C)ncn2)c1. The Morgan fingerprint density at radius 1 is 0.840 bits per heavy atom. The van der Waals surface area contributed by atoms with E-state index in [1.165, 1.54) is 5.56 Å². The molecule has 0 fully saturated rings. The molecule has 25 heavy (non-hydrogen) atoms. The zero-order valence-electron chi connectivity index (χ0n) is 15.1. The van der Waals surface area contributed by atoms with Gasteiger partial charge in [0, 0.05) is 32.9 Å². The van der Waals surface area contributed by atoms with E-state index < -0.39 is 0 Å². The molecule has 5 heteroatoms. The molecule has 5 nitrogen and oxygen atoms in total. The Bertz CT molecular complexity index is 860. The van der Waals surface area contributed by atoms with Crippen LogP contribution in [0.1, 0.15) is 5.56 Å². The third-order valence-electron chi connectivity index (χ3n) is 4.01. The Hall–Kier alpha value is -3.08. The molecule has 128 valence electrons. The normalized spacial score (nSPS) is 10.4. The van der Waals surface area contributed by atoms with Crippen molar-refractivity contribution in [1.29, 1.82) is 0 Å². The van der Waals surface area contributed by atoms with Crippen LogP contribution in [0.15, 0.2) is 60.9 Å². The maximum Gasteiger partial charge on any atom is 0.138 e. The van der Waals surface area contributed by atoms with Gasteiger partial charge in [0.15, 0.2) is 0 Å². The summed E-state index contributed by atoms with van der Waals surface area (Å²) in [5, 5.41) is 3.34. The van der Waals surface area contributed by atoms with Gasteiger partial charge in [0.2, 0.25) is 0 Å². The maximum atomic E-state index is 4.43. The molecule has 0 aliphatic heterocycles. The van der Waals surface area contributed by atoms with Gasteiger partial charge < -0.3 is 15.1 Å². The monoisotopic (exact) mass is 333 g/mol. The molecule has 0 amide bonds. The van der Waals surface area contributed by atoms with Gasteiger partial charge in [0.1, 0.15) is 18.0 Å². The first kappa shape index (κ1) is 16.8. The fourth-order valence-corrected chi connectivity index (χ4v) is 2.72. The Morgan fingerprint density at radius 3 is 2.32 bits per heavy atom. The highest BCUT2D eigenvalue weighted by Crippen LogP contribution is 2.31. The summed E-state index contributed by atoms with van der Waals surface area (Å²) in [7, 11) is 6.09. The molecule has 0 spiro atoms. The first-order chi connectivity index (χ1) is 12.0. The quantitative estimate of drug-likeness (QED) is 0.751. The van der Waals surface area contributed by atoms with Crippen LogP contribution in [0.2, 0.25) is 0 Å². The van der Waals surface area contributed by atoms with Gasteiger partial charge in [0.05, 0.1) is 11.4 Å². The Balaban J connectivity index is 1.89. The molecular weight excluding hydrogens is 310 g/mol. The Labute approximate surface area is 149 Å². The number of anilines is 5. The Morgan fingerprint density at radius 2 is 1.60 bits per heavy atom. The molecule has 0 aliphatic carbocycles. The average molecular weight is 333 g/mol. The largest absolute Gasteiger partial charge is 0.376 e. The van der Waals surface area contributed by atoms with Crippen LogP contribution >= 0.6 is 0 Å². The summed E-state index contributed by atoms with van der Waals surface area (Å²) in [5.74, 6) is 1.60. The second kappa shape index (κ2) is 7.21. The summed E-state index contributed by atoms with van der Waals surface area (Å²) in [6.45, 7) is 2.07. The number of nitrogens with zero attached hydrogens (tertiary/aromatic N) is 4. The number of aromatic nitrogens is 2. The van der Waals surface area contributed by atoms with Crippen LogP contribution in [0.3, 0.4) is 0 Å². The van der Waals surface area contributed by atoms with Crippen LogP contribution in [-0.2, 0) is 0 Å². The Kier molecular flexibility index (Phi) is 4.84. The highest BCUT2D eigenvalue weighted by atomic mass is 15.2. The topological polar surface area (TPSA) is 44.3 Å². The van der Waals surface area contributed by atoms with Crippen molar-refractivity contribution in [3.63, 3.8) is 0 Å². The lowest BCUT2D eigenvalue weighted by atomic mass is 10.2. The van der Waals surface area contributed by atoms with E-state index >= 15 is 0 Å². The molecule has 1 aromatic heterocycles. The molecule has 0 aliphatic rings. The highest BCUT2D eigenvalue weighted by molar-refractivity contribution is 5.76. The van der Waals surface area contributed by atoms with E-state index in [0.29, 0.717) is 0 Å². The third-order valence-corrected chi connectivity index (χ3v) is 4.01. The molecule has 0 bridgehead atoms. The number of para-hydroxylation sites is 2. The summed E-state index contributed by atoms with van der Waals surface area (Å²) in [6, 6.07) is 18.4. The van der Waals surface area contributed by atoms with Crippen LogP contribution in [0.5, 0.6) is 0 Å². The van der Waals surface area contributed by atoms with Crippen molar-refractivity contribution < 1.29 is 0 Å². The first-order valence-corrected chi connectivity index (χ1v) is 8.20. The molecule has 0 saturated carbocycles. The van der Waals surface area contributed by atoms with E-state index in [2.05, 4.69) is 56.3 Å². The average Bonchev–Trinajstić information content (AvgIpc) is 2.61. The van der Waals surface area contributed by atoms with E-state index in [1.54, 1.807) is 6.33 Å². The van der Waals surface area contributed by atoms with Gasteiger partial charge in [-0.15, -0.1) is 0 Å². The van der Waals surface area contributed by atoms with Gasteiger partial charge in [-0.3, -0.25) is 0 Å². The van der Waals surface area contributed by atoms with Crippen molar-refractivity contribution in [2.24, 2.45) is 0 Å². The van der Waals surface area contributed by atoms with Crippen molar-refractivity contribution >= 4 is 28.7 Å². The number of hydrogen-bond donors (Lipinski definition) is 1. The lowest BCUT2D eigenvalue weighted by Gasteiger charge is -2.25. The smallest absolute Gasteiger partial charge is 0.138 e. The minimum atomic E-state index is 0.768. The standard InChI is InChI=1S/C20H23N5/c1-15-8-7-9-16(12-15)23-19-13-20(22-14-21-19)25(4)18-11-6-5-10-17(18)24(2)3/h5-14H,1-4H3,(H,21,22,23). The number of rotatable bonds is 5. The summed E-state index contributed by atoms with van der Waals surface area (Å²) < 4.78 is 0. The van der Waals surface area contributed by atoms with Gasteiger partial charge in [-0.2, -0.15) is 0 Å². The zero-order chi connectivity index (χ0) is 17.8. The molecule has 0 saturated heterocycles. The first-order valence-electron chi connectivity index (χ1n) is 8.20. The van der Waals surface area contributed by atoms with E-state index in [4.69, 9.17) is 0 Å². The summed E-state index contributed by atoms with van der Waals surface area (Å²) in [5.41, 5.74) is 4.45. The zero-order valence-corrected chi connectivity index (χ0v) is 15.1. The number of hydrogen-bond acceptors (Lipinski definition) is 5. The minimum Gasteiger partial charge on any atom is -0.376 e. The lowest BCUT2D eigenvalue weighted by molar-refractivity contribution is 1.06. The van der Waals surface area contributed by atoms with Crippen molar-refractivity contribution in [1.82, 2.24) is 9.97 Å². The molecule has 3 rings (SSSR count). The predicted molar refractivity (Wildman–Crippen MR) is 105 cm³/mol. The van der Waals surface area contributed by atoms with Gasteiger partial charge in [0.25, 0.3) is 0 Å². The van der Waals surface area contributed by atoms with Crippen LogP contribution in [0.25, 0.3) is 0 Å². The summed E-state index contributed by atoms with van der Waals surface area (Å²) >= 11 is 0. The van der Waals surface area contributed by atoms with Crippen LogP contribution in [0, 0.1) is 6.92 Å². The molecule has 0 atom stereocenters. The van der Waals surface area contributed by atoms with Gasteiger partial charge >= 0.3 is 0 Å². The molecule has 1 N–H and O–H groups in total. The van der Waals surface area contributed by atoms with Crippen molar-refractivity contribution in [2.75, 3.05) is 36.3 Å². The van der Waals surface area contributed by atoms with Crippen molar-refractivity contribution in [3.8, 4) is 0 Å². The number of nitrogens with one attached hydrogen (secondary N) is 1. The van der Waals surface area contributed by atoms with E-state index in [0.717, 1.165) is 28.7 Å². The minimum absolute atomic E-state index is 0.768. The van der Waals surface area contributed by atoms with Gasteiger partial charge in [-0.05, 0) is 36.8 Å². The second-order valence-electron chi connectivity index (χ2n) is 6.20. The number of aryl methyl sites for hydroxylation is 1. The summed E-state index contributed by atoms with van der Waals surface area (Å²) in [6.07, 6.45) is 1.59. The van der Waals surface area contributed by atoms with E-state index in [-0.39, 0.29) is 0 Å². The maximum absolute atomic E-state index is 4.43. The van der Waals surface area contributed by atoms with Crippen LogP contribution in [-0.4, -0.2) is 31.1 Å². The predicted octanol–water partition coefficient (Wildman–Crippen LogP) is 4.36. The highest BCUT2D eigenvalue weighted by Gasteiger charge is 2.12. The van der Waals surface area contributed by atoms with Gasteiger partial charge in [-0.25, -0.2) is 9.97 Å².